The van der Waals surface area contributed by atoms with Gasteiger partial charge in [-0.05, 0) is 0 Å². The molecule has 8 nitrogen and oxygen atoms in total. The van der Waals surface area contributed by atoms with E-state index in [0.29, 0.717) is 0 Å². The van der Waals surface area contributed by atoms with Crippen LogP contribution in [0.15, 0.2) is 0 Å². The molecule has 0 aromatic carbocycles. The van der Waals surface area contributed by atoms with E-state index in [0.717, 1.165) is 0 Å². The molecule has 0 aliphatic heterocycles. The van der Waals surface area contributed by atoms with Gasteiger partial charge in [0.1, 0.15) is 7.26 Å². The molecule has 0 atom stereocenters. The maximum Gasteiger partial charge on any atom is 0.521 e. The van der Waals surface area contributed by atoms with E-state index < -0.39 is 14.2 Å². The fraction of sp³-hybridized carbons (Fsp3) is 1.00. The van der Waals surface area contributed by atoms with Crippen molar-refractivity contribution in [1.82, 2.24) is 0 Å². The molecule has 0 aromatic rings. The van der Waals surface area contributed by atoms with Gasteiger partial charge < -0.3 is 40.5 Å². The zero-order chi connectivity index (χ0) is 11.8. The first kappa shape index (κ1) is 16.6. The zero-order valence-corrected chi connectivity index (χ0v) is 8.33. The molecule has 0 spiro atoms. The van der Waals surface area contributed by atoms with Crippen molar-refractivity contribution in [2.45, 2.75) is 0 Å². The second kappa shape index (κ2) is 7.46. The Morgan fingerprint density at radius 1 is 0.643 bits per heavy atom. The molecule has 0 amide bonds. The van der Waals surface area contributed by atoms with Crippen LogP contribution in [0.4, 0.5) is 0 Å². The summed E-state index contributed by atoms with van der Waals surface area (Å²) < 4.78 is 0. The molecule has 0 heterocycles. The molecule has 0 aliphatic carbocycles. The quantitative estimate of drug-likeness (QED) is 0.181. The molecule has 0 fully saturated rings. The van der Waals surface area contributed by atoms with E-state index in [2.05, 4.69) is 0 Å². The summed E-state index contributed by atoms with van der Waals surface area (Å²) in [6.45, 7) is -4.00. The third-order valence-corrected chi connectivity index (χ3v) is 3.60. The largest absolute Gasteiger partial charge is 0.534 e. The molecule has 14 heavy (non-hydrogen) atoms. The van der Waals surface area contributed by atoms with Crippen LogP contribution >= 0.6 is 7.26 Å². The first-order chi connectivity index (χ1) is 6.24. The Bertz CT molecular complexity index is 110. The standard InChI is InChI=1S/C4H12O4P.BH4O4/c5-1-9(2-6,3-7)4-8;2-1(3,4)5/h5-8H,1-4H2;2-5H/q+1;-1. The minimum atomic E-state index is -4.00. The lowest BCUT2D eigenvalue weighted by molar-refractivity contribution is 0.117. The van der Waals surface area contributed by atoms with Crippen LogP contribution in [0.2, 0.25) is 0 Å². The van der Waals surface area contributed by atoms with Gasteiger partial charge in [0.05, 0.1) is 0 Å². The summed E-state index contributed by atoms with van der Waals surface area (Å²) in [5.74, 6) is 0. The van der Waals surface area contributed by atoms with Crippen molar-refractivity contribution in [3.05, 3.63) is 0 Å². The monoisotopic (exact) mass is 234 g/mol. The predicted octanol–water partition coefficient (Wildman–Crippen LogP) is -3.81. The molecule has 10 heteroatoms. The van der Waals surface area contributed by atoms with Crippen LogP contribution in [-0.2, 0) is 0 Å². The smallest absolute Gasteiger partial charge is 0.521 e. The Labute approximate surface area is 81.1 Å². The van der Waals surface area contributed by atoms with Crippen LogP contribution in [0.1, 0.15) is 0 Å². The van der Waals surface area contributed by atoms with Crippen LogP contribution < -0.4 is 0 Å². The average Bonchev–Trinajstić information content (AvgIpc) is 2.07. The first-order valence-electron chi connectivity index (χ1n) is 3.56. The Kier molecular flexibility index (Phi) is 8.85. The molecule has 0 aliphatic rings. The summed E-state index contributed by atoms with van der Waals surface area (Å²) >= 11 is 0. The van der Waals surface area contributed by atoms with E-state index in [9.17, 15) is 0 Å². The molecule has 0 unspecified atom stereocenters. The Morgan fingerprint density at radius 2 is 0.786 bits per heavy atom. The maximum atomic E-state index is 8.55. The topological polar surface area (TPSA) is 162 Å². The highest BCUT2D eigenvalue weighted by Crippen LogP contribution is 2.54. The number of hydrogen-bond acceptors (Lipinski definition) is 8. The molecule has 0 radical (unpaired) electrons. The molecular weight excluding hydrogens is 218 g/mol. The van der Waals surface area contributed by atoms with E-state index in [4.69, 9.17) is 40.5 Å². The van der Waals surface area contributed by atoms with Crippen LogP contribution in [0.25, 0.3) is 0 Å². The Hall–Kier alpha value is 0.175. The Morgan fingerprint density at radius 3 is 0.786 bits per heavy atom. The van der Waals surface area contributed by atoms with Gasteiger partial charge in [0, 0.05) is 0 Å². The van der Waals surface area contributed by atoms with Crippen LogP contribution in [0.5, 0.6) is 0 Å². The average molecular weight is 234 g/mol. The van der Waals surface area contributed by atoms with Gasteiger partial charge in [-0.25, -0.2) is 0 Å². The van der Waals surface area contributed by atoms with Gasteiger partial charge in [-0.2, -0.15) is 0 Å². The number of aliphatic hydroxyl groups excluding tert-OH is 4. The molecule has 88 valence electrons. The molecule has 0 aromatic heterocycles. The maximum absolute atomic E-state index is 8.55. The Balaban J connectivity index is 0. The van der Waals surface area contributed by atoms with Gasteiger partial charge in [0.2, 0.25) is 0 Å². The predicted molar refractivity (Wildman–Crippen MR) is 49.9 cm³/mol. The molecular formula is C4H16BO8P. The molecule has 0 rings (SSSR count). The second-order valence-corrected chi connectivity index (χ2v) is 6.41. The number of hydrogen-bond donors (Lipinski definition) is 8. The van der Waals surface area contributed by atoms with Crippen molar-refractivity contribution < 1.29 is 40.5 Å². The van der Waals surface area contributed by atoms with E-state index in [-0.39, 0.29) is 25.4 Å². The summed E-state index contributed by atoms with van der Waals surface area (Å²) in [7, 11) is -2.20. The lowest BCUT2D eigenvalue weighted by Gasteiger charge is -2.15. The van der Waals surface area contributed by atoms with Crippen LogP contribution in [0, 0.1) is 0 Å². The van der Waals surface area contributed by atoms with E-state index in [1.807, 2.05) is 0 Å². The first-order valence-corrected chi connectivity index (χ1v) is 6.09. The summed E-state index contributed by atoms with van der Waals surface area (Å²) in [6.07, 6.45) is -1.18. The highest BCUT2D eigenvalue weighted by Gasteiger charge is 2.34. The van der Waals surface area contributed by atoms with Crippen molar-refractivity contribution in [2.75, 3.05) is 25.4 Å². The van der Waals surface area contributed by atoms with Crippen LogP contribution in [0.3, 0.4) is 0 Å². The van der Waals surface area contributed by atoms with Crippen molar-refractivity contribution in [2.24, 2.45) is 0 Å². The van der Waals surface area contributed by atoms with Crippen molar-refractivity contribution in [3.8, 4) is 0 Å². The number of aliphatic hydroxyl groups is 4. The summed E-state index contributed by atoms with van der Waals surface area (Å²) in [5.41, 5.74) is 0. The minimum absolute atomic E-state index is 0.295. The fourth-order valence-electron chi connectivity index (χ4n) is 0.268. The molecule has 8 N–H and O–H groups in total. The second-order valence-electron chi connectivity index (χ2n) is 2.60. The van der Waals surface area contributed by atoms with Crippen molar-refractivity contribution >= 4 is 14.2 Å². The molecule has 0 saturated heterocycles. The summed E-state index contributed by atoms with van der Waals surface area (Å²) in [5, 5.41) is 63.2. The summed E-state index contributed by atoms with van der Waals surface area (Å²) in [4.78, 5) is 0. The lowest BCUT2D eigenvalue weighted by atomic mass is 10.1. The van der Waals surface area contributed by atoms with E-state index in [1.54, 1.807) is 0 Å². The van der Waals surface area contributed by atoms with E-state index >= 15 is 0 Å². The third kappa shape index (κ3) is 10.3. The van der Waals surface area contributed by atoms with Crippen LogP contribution in [-0.4, -0.2) is 72.9 Å². The highest BCUT2D eigenvalue weighted by molar-refractivity contribution is 7.75. The van der Waals surface area contributed by atoms with Gasteiger partial charge in [-0.3, -0.25) is 0 Å². The van der Waals surface area contributed by atoms with E-state index in [1.165, 1.54) is 0 Å². The molecule has 0 saturated carbocycles. The SMILES string of the molecule is OC[P+](CO)(CO)CO.O[B-](O)(O)O. The van der Waals surface area contributed by atoms with Crippen molar-refractivity contribution in [1.29, 1.82) is 0 Å². The van der Waals surface area contributed by atoms with Gasteiger partial charge >= 0.3 is 6.96 Å². The van der Waals surface area contributed by atoms with Crippen molar-refractivity contribution in [3.63, 3.8) is 0 Å². The summed E-state index contributed by atoms with van der Waals surface area (Å²) in [6, 6.07) is 0. The lowest BCUT2D eigenvalue weighted by Crippen LogP contribution is -2.33. The number of rotatable bonds is 4. The van der Waals surface area contributed by atoms with Gasteiger partial charge in [-0.15, -0.1) is 0 Å². The molecule has 0 bridgehead atoms. The van der Waals surface area contributed by atoms with Gasteiger partial charge in [0.15, 0.2) is 25.4 Å². The minimum Gasteiger partial charge on any atom is -0.534 e. The third-order valence-electron chi connectivity index (χ3n) is 1.20. The van der Waals surface area contributed by atoms with Gasteiger partial charge in [0.25, 0.3) is 0 Å². The van der Waals surface area contributed by atoms with Gasteiger partial charge in [-0.1, -0.05) is 0 Å². The highest BCUT2D eigenvalue weighted by atomic mass is 31.2. The zero-order valence-electron chi connectivity index (χ0n) is 7.43. The fourth-order valence-corrected chi connectivity index (χ4v) is 0.805. The normalized spacial score (nSPS) is 12.0.